The largest absolute Gasteiger partial charge is 0.372 e. The molecule has 0 radical (unpaired) electrons. The van der Waals surface area contributed by atoms with Crippen molar-refractivity contribution in [3.8, 4) is 0 Å². The summed E-state index contributed by atoms with van der Waals surface area (Å²) in [4.78, 5) is 2.30. The molecule has 0 fully saturated rings. The van der Waals surface area contributed by atoms with Gasteiger partial charge in [-0.15, -0.1) is 0 Å². The first-order valence-corrected chi connectivity index (χ1v) is 7.68. The Bertz CT molecular complexity index is 368. The van der Waals surface area contributed by atoms with E-state index in [9.17, 15) is 4.39 Å². The van der Waals surface area contributed by atoms with Gasteiger partial charge in [-0.25, -0.2) is 4.39 Å². The molecule has 0 spiro atoms. The number of hydrogen-bond donors (Lipinski definition) is 1. The summed E-state index contributed by atoms with van der Waals surface area (Å²) in [6, 6.07) is 6.79. The van der Waals surface area contributed by atoms with Gasteiger partial charge in [-0.05, 0) is 71.3 Å². The summed E-state index contributed by atoms with van der Waals surface area (Å²) < 4.78 is 12.9. The summed E-state index contributed by atoms with van der Waals surface area (Å²) in [6.45, 7) is 11.8. The number of hydrogen-bond acceptors (Lipinski definition) is 2. The molecular formula is C17H29FN2. The second kappa shape index (κ2) is 8.25. The van der Waals surface area contributed by atoms with Gasteiger partial charge in [0.1, 0.15) is 5.82 Å². The monoisotopic (exact) mass is 280 g/mol. The van der Waals surface area contributed by atoms with Crippen LogP contribution in [0.1, 0.15) is 47.0 Å². The molecular weight excluding hydrogens is 251 g/mol. The topological polar surface area (TPSA) is 15.3 Å². The number of benzene rings is 1. The first-order chi connectivity index (χ1) is 9.42. The zero-order valence-electron chi connectivity index (χ0n) is 13.4. The molecule has 1 N–H and O–H groups in total. The Morgan fingerprint density at radius 2 is 1.70 bits per heavy atom. The van der Waals surface area contributed by atoms with Crippen molar-refractivity contribution in [1.29, 1.82) is 0 Å². The van der Waals surface area contributed by atoms with E-state index in [2.05, 4.69) is 37.9 Å². The van der Waals surface area contributed by atoms with Gasteiger partial charge < -0.3 is 10.2 Å². The summed E-state index contributed by atoms with van der Waals surface area (Å²) >= 11 is 0. The third-order valence-corrected chi connectivity index (χ3v) is 3.33. The van der Waals surface area contributed by atoms with Gasteiger partial charge in [0.2, 0.25) is 0 Å². The van der Waals surface area contributed by atoms with Crippen LogP contribution >= 0.6 is 0 Å². The normalized spacial score (nSPS) is 11.7. The van der Waals surface area contributed by atoms with E-state index in [1.807, 2.05) is 12.1 Å². The van der Waals surface area contributed by atoms with Crippen LogP contribution in [0.15, 0.2) is 24.3 Å². The van der Waals surface area contributed by atoms with E-state index in [1.165, 1.54) is 31.4 Å². The SMILES string of the molecule is CCN(CCCCCNC(C)(C)C)c1ccc(F)cc1. The van der Waals surface area contributed by atoms with Gasteiger partial charge in [0, 0.05) is 24.3 Å². The highest BCUT2D eigenvalue weighted by Crippen LogP contribution is 2.15. The second-order valence-electron chi connectivity index (χ2n) is 6.29. The van der Waals surface area contributed by atoms with Crippen LogP contribution in [0.5, 0.6) is 0 Å². The molecule has 20 heavy (non-hydrogen) atoms. The first-order valence-electron chi connectivity index (χ1n) is 7.68. The lowest BCUT2D eigenvalue weighted by molar-refractivity contribution is 0.417. The molecule has 1 aromatic rings. The summed E-state index contributed by atoms with van der Waals surface area (Å²) in [7, 11) is 0. The lowest BCUT2D eigenvalue weighted by Crippen LogP contribution is -2.36. The summed E-state index contributed by atoms with van der Waals surface area (Å²) in [5, 5.41) is 3.51. The fraction of sp³-hybridized carbons (Fsp3) is 0.647. The van der Waals surface area contributed by atoms with E-state index in [-0.39, 0.29) is 11.4 Å². The number of nitrogens with zero attached hydrogens (tertiary/aromatic N) is 1. The van der Waals surface area contributed by atoms with Crippen LogP contribution in [0.25, 0.3) is 0 Å². The number of unbranched alkanes of at least 4 members (excludes halogenated alkanes) is 2. The molecule has 0 amide bonds. The standard InChI is InChI=1S/C17H29FN2/c1-5-20(16-11-9-15(18)10-12-16)14-8-6-7-13-19-17(2,3)4/h9-12,19H,5-8,13-14H2,1-4H3. The van der Waals surface area contributed by atoms with Crippen LogP contribution in [-0.4, -0.2) is 25.2 Å². The predicted molar refractivity (Wildman–Crippen MR) is 85.9 cm³/mol. The van der Waals surface area contributed by atoms with Crippen LogP contribution in [-0.2, 0) is 0 Å². The minimum absolute atomic E-state index is 0.168. The average Bonchev–Trinajstić information content (AvgIpc) is 2.38. The average molecular weight is 280 g/mol. The Kier molecular flexibility index (Phi) is 7.00. The van der Waals surface area contributed by atoms with Crippen molar-refractivity contribution in [3.63, 3.8) is 0 Å². The molecule has 114 valence electrons. The minimum atomic E-state index is -0.168. The van der Waals surface area contributed by atoms with E-state index in [0.717, 1.165) is 25.3 Å². The van der Waals surface area contributed by atoms with E-state index in [0.29, 0.717) is 0 Å². The van der Waals surface area contributed by atoms with Crippen LogP contribution < -0.4 is 10.2 Å². The van der Waals surface area contributed by atoms with Gasteiger partial charge in [0.05, 0.1) is 0 Å². The molecule has 0 bridgehead atoms. The molecule has 0 aliphatic rings. The predicted octanol–water partition coefficient (Wildman–Crippen LogP) is 4.21. The Labute approximate surface area is 123 Å². The third-order valence-electron chi connectivity index (χ3n) is 3.33. The van der Waals surface area contributed by atoms with Crippen LogP contribution in [0.4, 0.5) is 10.1 Å². The summed E-state index contributed by atoms with van der Waals surface area (Å²) in [5.41, 5.74) is 1.32. The van der Waals surface area contributed by atoms with E-state index >= 15 is 0 Å². The second-order valence-corrected chi connectivity index (χ2v) is 6.29. The molecule has 0 atom stereocenters. The molecule has 0 aliphatic heterocycles. The zero-order valence-corrected chi connectivity index (χ0v) is 13.4. The van der Waals surface area contributed by atoms with Gasteiger partial charge in [-0.3, -0.25) is 0 Å². The van der Waals surface area contributed by atoms with Crippen molar-refractivity contribution in [2.45, 2.75) is 52.5 Å². The van der Waals surface area contributed by atoms with Crippen molar-refractivity contribution in [2.24, 2.45) is 0 Å². The fourth-order valence-corrected chi connectivity index (χ4v) is 2.19. The molecule has 3 heteroatoms. The molecule has 2 nitrogen and oxygen atoms in total. The first kappa shape index (κ1) is 17.0. The van der Waals surface area contributed by atoms with E-state index in [4.69, 9.17) is 0 Å². The Morgan fingerprint density at radius 1 is 1.05 bits per heavy atom. The molecule has 0 unspecified atom stereocenters. The van der Waals surface area contributed by atoms with Gasteiger partial charge in [-0.1, -0.05) is 6.42 Å². The summed E-state index contributed by atoms with van der Waals surface area (Å²) in [6.07, 6.45) is 3.61. The maximum absolute atomic E-state index is 12.9. The Hall–Kier alpha value is -1.09. The van der Waals surface area contributed by atoms with Crippen molar-refractivity contribution in [3.05, 3.63) is 30.1 Å². The minimum Gasteiger partial charge on any atom is -0.372 e. The highest BCUT2D eigenvalue weighted by Gasteiger charge is 2.07. The van der Waals surface area contributed by atoms with Gasteiger partial charge in [0.15, 0.2) is 0 Å². The summed E-state index contributed by atoms with van der Waals surface area (Å²) in [5.74, 6) is -0.168. The van der Waals surface area contributed by atoms with E-state index in [1.54, 1.807) is 0 Å². The van der Waals surface area contributed by atoms with Crippen LogP contribution in [0.3, 0.4) is 0 Å². The van der Waals surface area contributed by atoms with Gasteiger partial charge in [0.25, 0.3) is 0 Å². The maximum atomic E-state index is 12.9. The Morgan fingerprint density at radius 3 is 2.25 bits per heavy atom. The van der Waals surface area contributed by atoms with Crippen molar-refractivity contribution in [2.75, 3.05) is 24.5 Å². The van der Waals surface area contributed by atoms with Gasteiger partial charge in [-0.2, -0.15) is 0 Å². The lowest BCUT2D eigenvalue weighted by Gasteiger charge is -2.23. The zero-order chi connectivity index (χ0) is 15.0. The highest BCUT2D eigenvalue weighted by atomic mass is 19.1. The molecule has 1 aromatic carbocycles. The van der Waals surface area contributed by atoms with Crippen molar-refractivity contribution in [1.82, 2.24) is 5.32 Å². The van der Waals surface area contributed by atoms with Crippen molar-refractivity contribution >= 4 is 5.69 Å². The van der Waals surface area contributed by atoms with Crippen LogP contribution in [0.2, 0.25) is 0 Å². The number of nitrogens with one attached hydrogen (secondary N) is 1. The number of rotatable bonds is 8. The Balaban J connectivity index is 2.23. The van der Waals surface area contributed by atoms with Crippen LogP contribution in [0, 0.1) is 5.82 Å². The number of anilines is 1. The lowest BCUT2D eigenvalue weighted by atomic mass is 10.1. The quantitative estimate of drug-likeness (QED) is 0.718. The smallest absolute Gasteiger partial charge is 0.123 e. The van der Waals surface area contributed by atoms with Crippen molar-refractivity contribution < 1.29 is 4.39 Å². The maximum Gasteiger partial charge on any atom is 0.123 e. The molecule has 0 saturated heterocycles. The molecule has 1 rings (SSSR count). The molecule has 0 aliphatic carbocycles. The number of halogens is 1. The third kappa shape index (κ3) is 6.90. The van der Waals surface area contributed by atoms with E-state index < -0.39 is 0 Å². The highest BCUT2D eigenvalue weighted by molar-refractivity contribution is 5.45. The van der Waals surface area contributed by atoms with Gasteiger partial charge >= 0.3 is 0 Å². The fourth-order valence-electron chi connectivity index (χ4n) is 2.19. The molecule has 0 heterocycles. The molecule has 0 saturated carbocycles. The molecule has 0 aromatic heterocycles.